The van der Waals surface area contributed by atoms with Crippen molar-refractivity contribution in [1.82, 2.24) is 9.47 Å². The molecule has 0 aliphatic carbocycles. The lowest BCUT2D eigenvalue weighted by Crippen LogP contribution is -2.41. The number of nitrogens with zero attached hydrogens (tertiary/aromatic N) is 2. The number of rotatable bonds is 5. The average molecular weight is 574 g/mol. The van der Waals surface area contributed by atoms with Gasteiger partial charge in [0.25, 0.3) is 5.91 Å². The number of fused-ring (bicyclic) bond motifs is 2. The summed E-state index contributed by atoms with van der Waals surface area (Å²) in [6.07, 6.45) is 0. The number of thiazole rings is 1. The predicted molar refractivity (Wildman–Crippen MR) is 138 cm³/mol. The van der Waals surface area contributed by atoms with E-state index in [0.29, 0.717) is 20.4 Å². The van der Waals surface area contributed by atoms with Crippen LogP contribution < -0.4 is 21.1 Å². The number of primary amides is 1. The Morgan fingerprint density at radius 1 is 0.974 bits per heavy atom. The molecule has 15 heteroatoms. The van der Waals surface area contributed by atoms with Gasteiger partial charge >= 0.3 is 10.9 Å². The van der Waals surface area contributed by atoms with Crippen LogP contribution in [0.25, 0.3) is 0 Å². The molecule has 5 rings (SSSR count). The molecule has 196 valence electrons. The first-order valence-corrected chi connectivity index (χ1v) is 14.3. The van der Waals surface area contributed by atoms with Crippen molar-refractivity contribution in [3.63, 3.8) is 0 Å². The minimum Gasteiger partial charge on any atom is -0.351 e. The van der Waals surface area contributed by atoms with Gasteiger partial charge in [0.15, 0.2) is 0 Å². The topological polar surface area (TPSA) is 192 Å². The molecule has 1 fully saturated rings. The number of aromatic nitrogens is 1. The lowest BCUT2D eigenvalue weighted by atomic mass is 9.83. The molecule has 3 heterocycles. The highest BCUT2D eigenvalue weighted by atomic mass is 32.2. The molecule has 2 aromatic carbocycles. The molecule has 0 spiro atoms. The zero-order chi connectivity index (χ0) is 27.4. The highest BCUT2D eigenvalue weighted by Gasteiger charge is 2.57. The second-order valence-electron chi connectivity index (χ2n) is 8.54. The molecule has 1 aromatic heterocycles. The minimum absolute atomic E-state index is 0.127. The number of amides is 5. The quantitative estimate of drug-likeness (QED) is 0.374. The number of primary sulfonamides is 1. The summed E-state index contributed by atoms with van der Waals surface area (Å²) in [4.78, 5) is 64.3. The molecule has 3 aromatic rings. The van der Waals surface area contributed by atoms with Crippen molar-refractivity contribution in [3.05, 3.63) is 74.7 Å². The number of nitrogens with two attached hydrogens (primary N) is 2. The van der Waals surface area contributed by atoms with Gasteiger partial charge in [-0.2, -0.15) is 4.90 Å². The molecule has 0 saturated carbocycles. The van der Waals surface area contributed by atoms with Gasteiger partial charge in [0.05, 0.1) is 15.8 Å². The standard InChI is InChI=1S/C23H19N5O7S3/c24-22(32)28-19(30)16-15(11-4-2-1-3-5-11)18-21(36-17(16)20(28)31)27(23(33)37-18)10-14(29)26-12-6-8-13(9-7-12)38(25,34)35/h1-9,15-17H,10H2,(H2,24,32)(H,26,29)(H2,25,34,35). The molecule has 2 aliphatic rings. The maximum absolute atomic E-state index is 13.1. The molecule has 3 unspecified atom stereocenters. The van der Waals surface area contributed by atoms with E-state index >= 15 is 0 Å². The monoisotopic (exact) mass is 573 g/mol. The van der Waals surface area contributed by atoms with Gasteiger partial charge in [-0.15, -0.1) is 0 Å². The van der Waals surface area contributed by atoms with Crippen LogP contribution in [-0.4, -0.2) is 46.9 Å². The van der Waals surface area contributed by atoms with Crippen LogP contribution in [0.5, 0.6) is 0 Å². The van der Waals surface area contributed by atoms with E-state index in [4.69, 9.17) is 10.9 Å². The number of likely N-dealkylation sites (tertiary alicyclic amines) is 1. The van der Waals surface area contributed by atoms with Crippen molar-refractivity contribution >= 4 is 62.6 Å². The largest absolute Gasteiger partial charge is 0.351 e. The Balaban J connectivity index is 1.50. The number of urea groups is 1. The number of sulfonamides is 1. The van der Waals surface area contributed by atoms with E-state index in [2.05, 4.69) is 5.32 Å². The van der Waals surface area contributed by atoms with Crippen molar-refractivity contribution in [3.8, 4) is 0 Å². The van der Waals surface area contributed by atoms with Crippen molar-refractivity contribution in [1.29, 1.82) is 0 Å². The normalized spacial score (nSPS) is 20.7. The number of benzene rings is 2. The summed E-state index contributed by atoms with van der Waals surface area (Å²) in [7, 11) is -3.90. The van der Waals surface area contributed by atoms with Gasteiger partial charge in [-0.3, -0.25) is 23.7 Å². The van der Waals surface area contributed by atoms with Gasteiger partial charge in [0.2, 0.25) is 21.8 Å². The average Bonchev–Trinajstić information content (AvgIpc) is 3.30. The second-order valence-corrected chi connectivity index (χ2v) is 12.2. The Morgan fingerprint density at radius 2 is 1.63 bits per heavy atom. The van der Waals surface area contributed by atoms with E-state index in [1.165, 1.54) is 28.8 Å². The Kier molecular flexibility index (Phi) is 6.46. The number of thioether (sulfide) groups is 1. The van der Waals surface area contributed by atoms with Gasteiger partial charge in [-0.1, -0.05) is 53.4 Å². The smallest absolute Gasteiger partial charge is 0.328 e. The van der Waals surface area contributed by atoms with Gasteiger partial charge < -0.3 is 11.1 Å². The molecule has 0 radical (unpaired) electrons. The number of hydrogen-bond acceptors (Lipinski definition) is 9. The molecule has 3 atom stereocenters. The fourth-order valence-corrected chi connectivity index (χ4v) is 7.85. The molecule has 12 nitrogen and oxygen atoms in total. The lowest BCUT2D eigenvalue weighted by Gasteiger charge is -2.30. The highest BCUT2D eigenvalue weighted by Crippen LogP contribution is 2.53. The lowest BCUT2D eigenvalue weighted by molar-refractivity contribution is -0.135. The van der Waals surface area contributed by atoms with Crippen LogP contribution in [0.2, 0.25) is 0 Å². The fourth-order valence-electron chi connectivity index (χ4n) is 4.56. The number of carbonyl (C=O) groups excluding carboxylic acids is 4. The first kappa shape index (κ1) is 25.8. The molecule has 0 bridgehead atoms. The number of imide groups is 3. The summed E-state index contributed by atoms with van der Waals surface area (Å²) < 4.78 is 24.1. The molecule has 38 heavy (non-hydrogen) atoms. The summed E-state index contributed by atoms with van der Waals surface area (Å²) >= 11 is 1.81. The third-order valence-electron chi connectivity index (χ3n) is 6.20. The van der Waals surface area contributed by atoms with Crippen LogP contribution in [0.15, 0.2) is 69.3 Å². The van der Waals surface area contributed by atoms with Crippen LogP contribution in [0.4, 0.5) is 10.5 Å². The fraction of sp³-hybridized carbons (Fsp3) is 0.174. The zero-order valence-corrected chi connectivity index (χ0v) is 21.7. The molecule has 5 N–H and O–H groups in total. The van der Waals surface area contributed by atoms with Crippen molar-refractivity contribution < 1.29 is 27.6 Å². The zero-order valence-electron chi connectivity index (χ0n) is 19.3. The predicted octanol–water partition coefficient (Wildman–Crippen LogP) is 0.866. The number of nitrogens with one attached hydrogen (secondary N) is 1. The first-order valence-electron chi connectivity index (χ1n) is 11.0. The third kappa shape index (κ3) is 4.42. The summed E-state index contributed by atoms with van der Waals surface area (Å²) in [6.45, 7) is -0.408. The van der Waals surface area contributed by atoms with E-state index in [-0.39, 0.29) is 10.6 Å². The summed E-state index contributed by atoms with van der Waals surface area (Å²) in [5.41, 5.74) is 6.27. The maximum atomic E-state index is 13.1. The summed E-state index contributed by atoms with van der Waals surface area (Å²) in [5.74, 6) is -3.73. The van der Waals surface area contributed by atoms with Gasteiger partial charge in [-0.05, 0) is 29.8 Å². The van der Waals surface area contributed by atoms with Gasteiger partial charge in [0, 0.05) is 16.5 Å². The van der Waals surface area contributed by atoms with Crippen LogP contribution in [0.3, 0.4) is 0 Å². The minimum atomic E-state index is -3.90. The van der Waals surface area contributed by atoms with E-state index in [1.807, 2.05) is 0 Å². The van der Waals surface area contributed by atoms with Gasteiger partial charge in [0.1, 0.15) is 11.8 Å². The Bertz CT molecular complexity index is 1650. The molecular formula is C23H19N5O7S3. The maximum Gasteiger partial charge on any atom is 0.328 e. The van der Waals surface area contributed by atoms with Crippen molar-refractivity contribution in [2.24, 2.45) is 16.8 Å². The molecule has 2 aliphatic heterocycles. The first-order chi connectivity index (χ1) is 18.0. The van der Waals surface area contributed by atoms with E-state index < -0.39 is 62.3 Å². The van der Waals surface area contributed by atoms with Crippen LogP contribution in [-0.2, 0) is 31.0 Å². The Morgan fingerprint density at radius 3 is 2.24 bits per heavy atom. The summed E-state index contributed by atoms with van der Waals surface area (Å²) in [5, 5.41) is 7.01. The second kappa shape index (κ2) is 9.50. The summed E-state index contributed by atoms with van der Waals surface area (Å²) in [6, 6.07) is 12.8. The number of carbonyl (C=O) groups is 4. The van der Waals surface area contributed by atoms with Crippen LogP contribution in [0, 0.1) is 5.92 Å². The van der Waals surface area contributed by atoms with E-state index in [0.717, 1.165) is 23.1 Å². The molecule has 5 amide bonds. The third-order valence-corrected chi connectivity index (χ3v) is 9.73. The van der Waals surface area contributed by atoms with E-state index in [9.17, 15) is 32.4 Å². The Hall–Kier alpha value is -3.79. The highest BCUT2D eigenvalue weighted by molar-refractivity contribution is 8.00. The van der Waals surface area contributed by atoms with Crippen molar-refractivity contribution in [2.45, 2.75) is 27.6 Å². The van der Waals surface area contributed by atoms with Crippen molar-refractivity contribution in [2.75, 3.05) is 5.32 Å². The SMILES string of the molecule is NC(=O)N1C(=O)C2Sc3c(sc(=O)n3CC(=O)Nc3ccc(S(N)(=O)=O)cc3)C(c3ccccc3)C2C1=O. The number of anilines is 1. The molecular weight excluding hydrogens is 554 g/mol. The number of hydrogen-bond donors (Lipinski definition) is 3. The van der Waals surface area contributed by atoms with Crippen LogP contribution in [0.1, 0.15) is 16.4 Å². The van der Waals surface area contributed by atoms with Gasteiger partial charge in [-0.25, -0.2) is 18.4 Å². The molecule has 1 saturated heterocycles. The van der Waals surface area contributed by atoms with E-state index in [1.54, 1.807) is 30.3 Å². The Labute approximate surface area is 223 Å². The van der Waals surface area contributed by atoms with Crippen LogP contribution >= 0.6 is 23.1 Å².